The van der Waals surface area contributed by atoms with E-state index < -0.39 is 0 Å². The molecule has 0 amide bonds. The molecule has 4 saturated carbocycles. The quantitative estimate of drug-likeness (QED) is 0.630. The van der Waals surface area contributed by atoms with Crippen molar-refractivity contribution in [3.8, 4) is 0 Å². The number of ketones is 1. The van der Waals surface area contributed by atoms with Crippen molar-refractivity contribution < 1.29 is 4.79 Å². The number of Topliss-reactive ketones (excluding diaryl/α,β-unsaturated/α-hetero) is 1. The van der Waals surface area contributed by atoms with Gasteiger partial charge in [-0.1, -0.05) is 13.8 Å². The summed E-state index contributed by atoms with van der Waals surface area (Å²) in [6, 6.07) is 0. The molecule has 1 radical (unpaired) electrons. The van der Waals surface area contributed by atoms with Gasteiger partial charge in [0, 0.05) is 5.92 Å². The molecular weight excluding hydrogens is 268 g/mol. The number of hydrogen-bond donors (Lipinski definition) is 0. The third kappa shape index (κ3) is 1.93. The summed E-state index contributed by atoms with van der Waals surface area (Å²) in [5, 5.41) is 0. The van der Waals surface area contributed by atoms with Gasteiger partial charge in [-0.05, 0) is 106 Å². The molecule has 123 valence electrons. The summed E-state index contributed by atoms with van der Waals surface area (Å²) in [4.78, 5) is 12.2. The SMILES string of the molecule is CC(=O)[C@H]1CC[C@H]2[C@@H]3CC[C@@H]4C[CH]CC[C@]4(C)[C@H]3CC[C@]12C. The molecule has 0 unspecified atom stereocenters. The second kappa shape index (κ2) is 5.08. The lowest BCUT2D eigenvalue weighted by molar-refractivity contribution is -0.132. The van der Waals surface area contributed by atoms with Crippen molar-refractivity contribution in [2.75, 3.05) is 0 Å². The van der Waals surface area contributed by atoms with Gasteiger partial charge < -0.3 is 0 Å². The van der Waals surface area contributed by atoms with Crippen LogP contribution in [0.4, 0.5) is 0 Å². The minimum atomic E-state index is 0.330. The Morgan fingerprint density at radius 3 is 2.50 bits per heavy atom. The Morgan fingerprint density at radius 1 is 0.955 bits per heavy atom. The van der Waals surface area contributed by atoms with Crippen molar-refractivity contribution in [3.05, 3.63) is 6.42 Å². The first-order chi connectivity index (χ1) is 10.5. The van der Waals surface area contributed by atoms with E-state index in [9.17, 15) is 4.79 Å². The van der Waals surface area contributed by atoms with Crippen LogP contribution in [-0.4, -0.2) is 5.78 Å². The van der Waals surface area contributed by atoms with Crippen LogP contribution >= 0.6 is 0 Å². The van der Waals surface area contributed by atoms with Gasteiger partial charge in [0.15, 0.2) is 0 Å². The van der Waals surface area contributed by atoms with E-state index in [0.29, 0.717) is 22.5 Å². The molecular formula is C21H33O. The maximum atomic E-state index is 12.2. The molecule has 0 saturated heterocycles. The van der Waals surface area contributed by atoms with Gasteiger partial charge in [0.25, 0.3) is 0 Å². The molecule has 1 heteroatoms. The lowest BCUT2D eigenvalue weighted by Gasteiger charge is -2.60. The summed E-state index contributed by atoms with van der Waals surface area (Å²) >= 11 is 0. The number of fused-ring (bicyclic) bond motifs is 5. The van der Waals surface area contributed by atoms with Crippen molar-refractivity contribution >= 4 is 5.78 Å². The maximum Gasteiger partial charge on any atom is 0.133 e. The van der Waals surface area contributed by atoms with Crippen molar-refractivity contribution in [3.63, 3.8) is 0 Å². The summed E-state index contributed by atoms with van der Waals surface area (Å²) in [5.74, 6) is 4.49. The smallest absolute Gasteiger partial charge is 0.133 e. The van der Waals surface area contributed by atoms with Gasteiger partial charge in [0.2, 0.25) is 0 Å². The fourth-order valence-corrected chi connectivity index (χ4v) is 7.71. The minimum Gasteiger partial charge on any atom is -0.300 e. The molecule has 0 aromatic heterocycles. The van der Waals surface area contributed by atoms with E-state index in [-0.39, 0.29) is 0 Å². The van der Waals surface area contributed by atoms with Crippen LogP contribution in [0.3, 0.4) is 0 Å². The van der Waals surface area contributed by atoms with Crippen molar-refractivity contribution in [2.24, 2.45) is 40.4 Å². The van der Waals surface area contributed by atoms with Crippen molar-refractivity contribution in [1.29, 1.82) is 0 Å². The third-order valence-corrected chi connectivity index (χ3v) is 8.89. The summed E-state index contributed by atoms with van der Waals surface area (Å²) < 4.78 is 0. The van der Waals surface area contributed by atoms with Crippen LogP contribution in [0.15, 0.2) is 0 Å². The molecule has 4 rings (SSSR count). The molecule has 0 N–H and O–H groups in total. The fourth-order valence-electron chi connectivity index (χ4n) is 7.71. The van der Waals surface area contributed by atoms with Gasteiger partial charge >= 0.3 is 0 Å². The van der Waals surface area contributed by atoms with Crippen LogP contribution in [0.25, 0.3) is 0 Å². The van der Waals surface area contributed by atoms with E-state index in [1.54, 1.807) is 0 Å². The summed E-state index contributed by atoms with van der Waals surface area (Å²) in [6.07, 6.45) is 14.8. The Labute approximate surface area is 136 Å². The second-order valence-corrected chi connectivity index (χ2v) is 9.51. The summed E-state index contributed by atoms with van der Waals surface area (Å²) in [6.45, 7) is 6.94. The zero-order valence-electron chi connectivity index (χ0n) is 14.7. The van der Waals surface area contributed by atoms with E-state index in [4.69, 9.17) is 0 Å². The van der Waals surface area contributed by atoms with E-state index in [2.05, 4.69) is 20.3 Å². The van der Waals surface area contributed by atoms with Crippen LogP contribution in [0, 0.1) is 46.8 Å². The normalized spacial score (nSPS) is 54.2. The van der Waals surface area contributed by atoms with Gasteiger partial charge in [0.05, 0.1) is 0 Å². The highest BCUT2D eigenvalue weighted by molar-refractivity contribution is 5.79. The Morgan fingerprint density at radius 2 is 1.73 bits per heavy atom. The first-order valence-electron chi connectivity index (χ1n) is 9.79. The van der Waals surface area contributed by atoms with Crippen molar-refractivity contribution in [1.82, 2.24) is 0 Å². The van der Waals surface area contributed by atoms with Crippen LogP contribution in [0.5, 0.6) is 0 Å². The number of carbonyl (C=O) groups is 1. The average Bonchev–Trinajstić information content (AvgIpc) is 2.84. The standard InChI is InChI=1S/C21H33O/c1-14(22)17-9-10-18-16-8-7-15-6-4-5-12-20(15,2)19(16)11-13-21(17,18)3/h4,15-19H,5-13H2,1-3H3/t15-,16-,17+,18-,19-,20-,21+/m0/s1. The molecule has 0 aromatic rings. The number of rotatable bonds is 1. The van der Waals surface area contributed by atoms with Gasteiger partial charge in [0.1, 0.15) is 5.78 Å². The lowest BCUT2D eigenvalue weighted by atomic mass is 9.45. The van der Waals surface area contributed by atoms with Gasteiger partial charge in [-0.3, -0.25) is 4.79 Å². The molecule has 22 heavy (non-hydrogen) atoms. The molecule has 1 nitrogen and oxygen atoms in total. The van der Waals surface area contributed by atoms with E-state index in [1.165, 1.54) is 57.8 Å². The average molecular weight is 301 g/mol. The lowest BCUT2D eigenvalue weighted by Crippen LogP contribution is -2.53. The molecule has 0 aliphatic heterocycles. The van der Waals surface area contributed by atoms with Crippen LogP contribution in [0.2, 0.25) is 0 Å². The first kappa shape index (κ1) is 15.2. The first-order valence-corrected chi connectivity index (χ1v) is 9.79. The molecule has 4 aliphatic rings. The molecule has 0 bridgehead atoms. The summed E-state index contributed by atoms with van der Waals surface area (Å²) in [7, 11) is 0. The molecule has 4 aliphatic carbocycles. The molecule has 4 fully saturated rings. The largest absolute Gasteiger partial charge is 0.300 e. The van der Waals surface area contributed by atoms with Crippen molar-refractivity contribution in [2.45, 2.75) is 78.6 Å². The number of carbonyl (C=O) groups excluding carboxylic acids is 1. The van der Waals surface area contributed by atoms with Gasteiger partial charge in [-0.15, -0.1) is 0 Å². The van der Waals surface area contributed by atoms with Crippen LogP contribution in [-0.2, 0) is 4.79 Å². The maximum absolute atomic E-state index is 12.2. The van der Waals surface area contributed by atoms with E-state index in [0.717, 1.165) is 23.7 Å². The molecule has 0 aromatic carbocycles. The highest BCUT2D eigenvalue weighted by atomic mass is 16.1. The Kier molecular flexibility index (Phi) is 3.51. The Balaban J connectivity index is 1.63. The predicted molar refractivity (Wildman–Crippen MR) is 90.2 cm³/mol. The Hall–Kier alpha value is -0.330. The van der Waals surface area contributed by atoms with Crippen LogP contribution < -0.4 is 0 Å². The highest BCUT2D eigenvalue weighted by Gasteiger charge is 2.60. The van der Waals surface area contributed by atoms with Gasteiger partial charge in [-0.25, -0.2) is 0 Å². The van der Waals surface area contributed by atoms with E-state index >= 15 is 0 Å². The monoisotopic (exact) mass is 301 g/mol. The molecule has 0 heterocycles. The number of hydrogen-bond acceptors (Lipinski definition) is 1. The molecule has 7 atom stereocenters. The molecule has 0 spiro atoms. The van der Waals surface area contributed by atoms with Gasteiger partial charge in [-0.2, -0.15) is 0 Å². The second-order valence-electron chi connectivity index (χ2n) is 9.51. The third-order valence-electron chi connectivity index (χ3n) is 8.89. The topological polar surface area (TPSA) is 17.1 Å². The van der Waals surface area contributed by atoms with Crippen LogP contribution in [0.1, 0.15) is 78.6 Å². The zero-order valence-corrected chi connectivity index (χ0v) is 14.7. The summed E-state index contributed by atoms with van der Waals surface area (Å²) in [5.41, 5.74) is 0.935. The van der Waals surface area contributed by atoms with E-state index in [1.807, 2.05) is 6.92 Å². The predicted octanol–water partition coefficient (Wildman–Crippen LogP) is 5.44. The Bertz CT molecular complexity index is 469. The highest BCUT2D eigenvalue weighted by Crippen LogP contribution is 2.67. The fraction of sp³-hybridized carbons (Fsp3) is 0.905. The zero-order chi connectivity index (χ0) is 15.5. The minimum absolute atomic E-state index is 0.330.